The molecule has 0 saturated carbocycles. The molecule has 0 unspecified atom stereocenters. The Hall–Kier alpha value is -1.77. The number of Topliss-reactive ketones (excluding diaryl/α,β-unsaturated/α-hetero) is 1. The van der Waals surface area contributed by atoms with Crippen LogP contribution in [0, 0.1) is 0 Å². The Morgan fingerprint density at radius 3 is 2.62 bits per heavy atom. The van der Waals surface area contributed by atoms with Crippen molar-refractivity contribution in [2.75, 3.05) is 0 Å². The van der Waals surface area contributed by atoms with E-state index in [-0.39, 0.29) is 5.78 Å². The highest BCUT2D eigenvalue weighted by atomic mass is 16.4. The molecule has 0 saturated heterocycles. The van der Waals surface area contributed by atoms with Crippen LogP contribution >= 0.6 is 0 Å². The molecule has 0 radical (unpaired) electrons. The average Bonchev–Trinajstić information content (AvgIpc) is 2.75. The van der Waals surface area contributed by atoms with E-state index in [0.29, 0.717) is 17.3 Å². The Kier molecular flexibility index (Phi) is 1.77. The number of furan rings is 2. The molecule has 0 N–H and O–H groups in total. The lowest BCUT2D eigenvalue weighted by Gasteiger charge is -1.88. The van der Waals surface area contributed by atoms with Crippen molar-refractivity contribution in [2.24, 2.45) is 0 Å². The van der Waals surface area contributed by atoms with E-state index in [1.54, 1.807) is 30.5 Å². The summed E-state index contributed by atoms with van der Waals surface area (Å²) in [5.74, 6) is 1.48. The molecule has 0 bridgehead atoms. The molecular weight excluding hydrogens is 168 g/mol. The standard InChI is InChI=1S/C10H8O3/c1-7(11)8-4-5-10(13-8)9-3-2-6-12-9/h2-6H,1H3. The number of rotatable bonds is 2. The summed E-state index contributed by atoms with van der Waals surface area (Å²) in [5, 5.41) is 0. The van der Waals surface area contributed by atoms with Crippen molar-refractivity contribution >= 4 is 5.78 Å². The minimum Gasteiger partial charge on any atom is -0.461 e. The van der Waals surface area contributed by atoms with E-state index in [2.05, 4.69) is 0 Å². The Bertz CT molecular complexity index is 409. The van der Waals surface area contributed by atoms with Gasteiger partial charge in [-0.2, -0.15) is 0 Å². The topological polar surface area (TPSA) is 43.4 Å². The summed E-state index contributed by atoms with van der Waals surface area (Å²) in [4.78, 5) is 10.9. The van der Waals surface area contributed by atoms with Crippen LogP contribution in [0.1, 0.15) is 17.5 Å². The number of carbonyl (C=O) groups excluding carboxylic acids is 1. The summed E-state index contributed by atoms with van der Waals surface area (Å²) in [5.41, 5.74) is 0. The lowest BCUT2D eigenvalue weighted by Crippen LogP contribution is -1.85. The van der Waals surface area contributed by atoms with Crippen LogP contribution in [0.2, 0.25) is 0 Å². The maximum atomic E-state index is 10.9. The van der Waals surface area contributed by atoms with E-state index in [4.69, 9.17) is 8.83 Å². The maximum Gasteiger partial charge on any atom is 0.194 e. The molecule has 0 aliphatic carbocycles. The van der Waals surface area contributed by atoms with Gasteiger partial charge in [-0.3, -0.25) is 4.79 Å². The van der Waals surface area contributed by atoms with Crippen molar-refractivity contribution in [1.29, 1.82) is 0 Å². The SMILES string of the molecule is CC(=O)c1ccc(-c2ccco2)o1. The molecule has 0 aliphatic heterocycles. The van der Waals surface area contributed by atoms with E-state index in [9.17, 15) is 4.79 Å². The van der Waals surface area contributed by atoms with E-state index in [0.717, 1.165) is 0 Å². The van der Waals surface area contributed by atoms with Crippen LogP contribution in [0.25, 0.3) is 11.5 Å². The van der Waals surface area contributed by atoms with Crippen molar-refractivity contribution in [2.45, 2.75) is 6.92 Å². The molecule has 66 valence electrons. The zero-order valence-electron chi connectivity index (χ0n) is 7.11. The first-order valence-corrected chi connectivity index (χ1v) is 3.92. The minimum absolute atomic E-state index is 0.0854. The van der Waals surface area contributed by atoms with Crippen molar-refractivity contribution in [1.82, 2.24) is 0 Å². The highest BCUT2D eigenvalue weighted by Crippen LogP contribution is 2.22. The predicted molar refractivity (Wildman–Crippen MR) is 46.4 cm³/mol. The number of ketones is 1. The molecular formula is C10H8O3. The Morgan fingerprint density at radius 1 is 1.23 bits per heavy atom. The van der Waals surface area contributed by atoms with Gasteiger partial charge < -0.3 is 8.83 Å². The second-order valence-corrected chi connectivity index (χ2v) is 2.70. The van der Waals surface area contributed by atoms with Crippen molar-refractivity contribution < 1.29 is 13.6 Å². The summed E-state index contributed by atoms with van der Waals surface area (Å²) in [6.45, 7) is 1.46. The van der Waals surface area contributed by atoms with Gasteiger partial charge >= 0.3 is 0 Å². The monoisotopic (exact) mass is 176 g/mol. The zero-order chi connectivity index (χ0) is 9.26. The normalized spacial score (nSPS) is 10.2. The molecule has 0 amide bonds. The molecule has 0 aromatic carbocycles. The summed E-state index contributed by atoms with van der Waals surface area (Å²) >= 11 is 0. The summed E-state index contributed by atoms with van der Waals surface area (Å²) in [6.07, 6.45) is 1.56. The Morgan fingerprint density at radius 2 is 2.08 bits per heavy atom. The van der Waals surface area contributed by atoms with E-state index >= 15 is 0 Å². The van der Waals surface area contributed by atoms with Crippen LogP contribution in [-0.4, -0.2) is 5.78 Å². The van der Waals surface area contributed by atoms with Gasteiger partial charge in [-0.1, -0.05) is 0 Å². The van der Waals surface area contributed by atoms with Gasteiger partial charge in [-0.25, -0.2) is 0 Å². The molecule has 2 rings (SSSR count). The Balaban J connectivity index is 2.39. The van der Waals surface area contributed by atoms with Crippen LogP contribution in [-0.2, 0) is 0 Å². The molecule has 2 aromatic heterocycles. The van der Waals surface area contributed by atoms with Crippen molar-refractivity contribution in [3.05, 3.63) is 36.3 Å². The highest BCUT2D eigenvalue weighted by Gasteiger charge is 2.09. The lowest BCUT2D eigenvalue weighted by molar-refractivity contribution is 0.0988. The predicted octanol–water partition coefficient (Wildman–Crippen LogP) is 2.74. The van der Waals surface area contributed by atoms with Crippen LogP contribution in [0.3, 0.4) is 0 Å². The number of carbonyl (C=O) groups is 1. The largest absolute Gasteiger partial charge is 0.461 e. The zero-order valence-corrected chi connectivity index (χ0v) is 7.11. The number of hydrogen-bond donors (Lipinski definition) is 0. The first-order chi connectivity index (χ1) is 6.27. The molecule has 0 fully saturated rings. The van der Waals surface area contributed by atoms with Crippen LogP contribution in [0.4, 0.5) is 0 Å². The molecule has 3 nitrogen and oxygen atoms in total. The molecule has 2 heterocycles. The lowest BCUT2D eigenvalue weighted by atomic mass is 10.3. The van der Waals surface area contributed by atoms with Gasteiger partial charge in [-0.05, 0) is 24.3 Å². The quantitative estimate of drug-likeness (QED) is 0.661. The van der Waals surface area contributed by atoms with E-state index in [1.807, 2.05) is 0 Å². The summed E-state index contributed by atoms with van der Waals surface area (Å²) in [6, 6.07) is 6.91. The van der Waals surface area contributed by atoms with E-state index in [1.165, 1.54) is 6.92 Å². The second-order valence-electron chi connectivity index (χ2n) is 2.70. The van der Waals surface area contributed by atoms with Crippen LogP contribution in [0.15, 0.2) is 39.4 Å². The third-order valence-corrected chi connectivity index (χ3v) is 1.72. The van der Waals surface area contributed by atoms with Crippen molar-refractivity contribution in [3.8, 4) is 11.5 Å². The maximum absolute atomic E-state index is 10.9. The molecule has 0 spiro atoms. The molecule has 13 heavy (non-hydrogen) atoms. The third kappa shape index (κ3) is 1.40. The Labute approximate surface area is 75.0 Å². The van der Waals surface area contributed by atoms with Gasteiger partial charge in [0, 0.05) is 6.92 Å². The average molecular weight is 176 g/mol. The van der Waals surface area contributed by atoms with Gasteiger partial charge in [0.2, 0.25) is 0 Å². The first kappa shape index (κ1) is 7.86. The van der Waals surface area contributed by atoms with Gasteiger partial charge in [0.1, 0.15) is 0 Å². The molecule has 3 heteroatoms. The fourth-order valence-corrected chi connectivity index (χ4v) is 1.08. The van der Waals surface area contributed by atoms with Gasteiger partial charge in [0.15, 0.2) is 23.1 Å². The summed E-state index contributed by atoms with van der Waals surface area (Å²) in [7, 11) is 0. The van der Waals surface area contributed by atoms with Crippen LogP contribution < -0.4 is 0 Å². The van der Waals surface area contributed by atoms with Gasteiger partial charge in [0.25, 0.3) is 0 Å². The highest BCUT2D eigenvalue weighted by molar-refractivity contribution is 5.91. The first-order valence-electron chi connectivity index (χ1n) is 3.92. The molecule has 2 aromatic rings. The minimum atomic E-state index is -0.0854. The van der Waals surface area contributed by atoms with Crippen molar-refractivity contribution in [3.63, 3.8) is 0 Å². The summed E-state index contributed by atoms with van der Waals surface area (Å²) < 4.78 is 10.4. The van der Waals surface area contributed by atoms with Gasteiger partial charge in [0.05, 0.1) is 6.26 Å². The fourth-order valence-electron chi connectivity index (χ4n) is 1.08. The smallest absolute Gasteiger partial charge is 0.194 e. The fraction of sp³-hybridized carbons (Fsp3) is 0.100. The number of hydrogen-bond acceptors (Lipinski definition) is 3. The molecule has 0 atom stereocenters. The third-order valence-electron chi connectivity index (χ3n) is 1.72. The van der Waals surface area contributed by atoms with Crippen LogP contribution in [0.5, 0.6) is 0 Å². The molecule has 0 aliphatic rings. The van der Waals surface area contributed by atoms with E-state index < -0.39 is 0 Å². The van der Waals surface area contributed by atoms with Gasteiger partial charge in [-0.15, -0.1) is 0 Å². The second kappa shape index (κ2) is 2.94.